The highest BCUT2D eigenvalue weighted by Crippen LogP contribution is 2.09. The van der Waals surface area contributed by atoms with E-state index in [1.807, 2.05) is 20.0 Å². The van der Waals surface area contributed by atoms with Gasteiger partial charge in [-0.1, -0.05) is 6.92 Å². The molecule has 1 rings (SSSR count). The van der Waals surface area contributed by atoms with Crippen LogP contribution in [0.25, 0.3) is 0 Å². The van der Waals surface area contributed by atoms with Gasteiger partial charge in [0.1, 0.15) is 12.1 Å². The summed E-state index contributed by atoms with van der Waals surface area (Å²) in [6.07, 6.45) is 1.59. The second kappa shape index (κ2) is 4.91. The first-order valence-corrected chi connectivity index (χ1v) is 4.83. The molecule has 4 heteroatoms. The molecule has 0 aromatic carbocycles. The van der Waals surface area contributed by atoms with E-state index in [1.54, 1.807) is 6.33 Å². The van der Waals surface area contributed by atoms with E-state index in [-0.39, 0.29) is 0 Å². The van der Waals surface area contributed by atoms with Gasteiger partial charge in [0.15, 0.2) is 0 Å². The third kappa shape index (κ3) is 2.96. The van der Waals surface area contributed by atoms with E-state index in [0.29, 0.717) is 12.5 Å². The molecule has 0 bridgehead atoms. The minimum absolute atomic E-state index is 0.482. The van der Waals surface area contributed by atoms with Crippen LogP contribution in [0.15, 0.2) is 12.4 Å². The summed E-state index contributed by atoms with van der Waals surface area (Å²) in [7, 11) is 2.02. The third-order valence-corrected chi connectivity index (χ3v) is 2.17. The Bertz CT molecular complexity index is 287. The molecular weight excluding hydrogens is 176 g/mol. The maximum atomic E-state index is 5.57. The van der Waals surface area contributed by atoms with Crippen molar-refractivity contribution in [3.05, 3.63) is 18.1 Å². The van der Waals surface area contributed by atoms with Gasteiger partial charge in [-0.15, -0.1) is 0 Å². The standard InChI is InChI=1S/C10H18N4/c1-8(5-11)6-14(3)10-4-9(2)12-7-13-10/h4,7-8H,5-6,11H2,1-3H3. The SMILES string of the molecule is Cc1cc(N(C)CC(C)CN)ncn1. The van der Waals surface area contributed by atoms with Gasteiger partial charge in [-0.3, -0.25) is 0 Å². The molecule has 0 radical (unpaired) electrons. The zero-order valence-electron chi connectivity index (χ0n) is 9.07. The largest absolute Gasteiger partial charge is 0.359 e. The number of nitrogens with zero attached hydrogens (tertiary/aromatic N) is 3. The molecule has 0 spiro atoms. The molecule has 1 heterocycles. The van der Waals surface area contributed by atoms with Crippen LogP contribution in [0.4, 0.5) is 5.82 Å². The zero-order chi connectivity index (χ0) is 10.6. The van der Waals surface area contributed by atoms with E-state index < -0.39 is 0 Å². The van der Waals surface area contributed by atoms with Crippen molar-refractivity contribution < 1.29 is 0 Å². The molecule has 1 aromatic rings. The van der Waals surface area contributed by atoms with Gasteiger partial charge in [-0.05, 0) is 19.4 Å². The number of hydrogen-bond donors (Lipinski definition) is 1. The van der Waals surface area contributed by atoms with Crippen LogP contribution in [0.1, 0.15) is 12.6 Å². The minimum Gasteiger partial charge on any atom is -0.359 e. The number of hydrogen-bond acceptors (Lipinski definition) is 4. The van der Waals surface area contributed by atoms with Gasteiger partial charge in [0, 0.05) is 25.4 Å². The number of rotatable bonds is 4. The Hall–Kier alpha value is -1.16. The second-order valence-electron chi connectivity index (χ2n) is 3.74. The molecule has 0 aliphatic rings. The van der Waals surface area contributed by atoms with E-state index in [9.17, 15) is 0 Å². The summed E-state index contributed by atoms with van der Waals surface area (Å²) in [6, 6.07) is 1.98. The highest BCUT2D eigenvalue weighted by Gasteiger charge is 2.06. The van der Waals surface area contributed by atoms with Gasteiger partial charge in [0.2, 0.25) is 0 Å². The topological polar surface area (TPSA) is 55.0 Å². The first-order chi connectivity index (χ1) is 6.63. The molecule has 2 N–H and O–H groups in total. The van der Waals surface area contributed by atoms with E-state index in [1.165, 1.54) is 0 Å². The van der Waals surface area contributed by atoms with Crippen molar-refractivity contribution in [3.63, 3.8) is 0 Å². The highest BCUT2D eigenvalue weighted by atomic mass is 15.2. The minimum atomic E-state index is 0.482. The maximum Gasteiger partial charge on any atom is 0.131 e. The Kier molecular flexibility index (Phi) is 3.83. The first kappa shape index (κ1) is 10.9. The lowest BCUT2D eigenvalue weighted by Gasteiger charge is -2.21. The lowest BCUT2D eigenvalue weighted by atomic mass is 10.2. The van der Waals surface area contributed by atoms with Gasteiger partial charge in [0.25, 0.3) is 0 Å². The molecule has 0 aliphatic heterocycles. The van der Waals surface area contributed by atoms with Crippen LogP contribution in [0.5, 0.6) is 0 Å². The summed E-state index contributed by atoms with van der Waals surface area (Å²) in [5.74, 6) is 1.44. The van der Waals surface area contributed by atoms with E-state index in [0.717, 1.165) is 18.1 Å². The van der Waals surface area contributed by atoms with Gasteiger partial charge >= 0.3 is 0 Å². The normalized spacial score (nSPS) is 12.6. The predicted molar refractivity (Wildman–Crippen MR) is 58.3 cm³/mol. The average Bonchev–Trinajstić information content (AvgIpc) is 2.17. The van der Waals surface area contributed by atoms with Gasteiger partial charge in [0.05, 0.1) is 0 Å². The van der Waals surface area contributed by atoms with Crippen molar-refractivity contribution in [3.8, 4) is 0 Å². The van der Waals surface area contributed by atoms with Crippen LogP contribution >= 0.6 is 0 Å². The van der Waals surface area contributed by atoms with Crippen molar-refractivity contribution in [1.29, 1.82) is 0 Å². The lowest BCUT2D eigenvalue weighted by Crippen LogP contribution is -2.28. The first-order valence-electron chi connectivity index (χ1n) is 4.83. The Labute approximate surface area is 85.2 Å². The highest BCUT2D eigenvalue weighted by molar-refractivity contribution is 5.37. The van der Waals surface area contributed by atoms with E-state index in [2.05, 4.69) is 21.8 Å². The van der Waals surface area contributed by atoms with Gasteiger partial charge in [-0.2, -0.15) is 0 Å². The predicted octanol–water partition coefficient (Wildman–Crippen LogP) is 0.816. The van der Waals surface area contributed by atoms with Crippen molar-refractivity contribution in [1.82, 2.24) is 9.97 Å². The summed E-state index contributed by atoms with van der Waals surface area (Å²) in [6.45, 7) is 5.72. The molecule has 1 atom stereocenters. The van der Waals surface area contributed by atoms with Crippen LogP contribution in [0.3, 0.4) is 0 Å². The number of aryl methyl sites for hydroxylation is 1. The Morgan fingerprint density at radius 2 is 2.21 bits per heavy atom. The van der Waals surface area contributed by atoms with Crippen LogP contribution in [0.2, 0.25) is 0 Å². The number of nitrogens with two attached hydrogens (primary N) is 1. The summed E-state index contributed by atoms with van der Waals surface area (Å²) >= 11 is 0. The molecule has 0 saturated carbocycles. The monoisotopic (exact) mass is 194 g/mol. The Morgan fingerprint density at radius 3 is 2.79 bits per heavy atom. The fourth-order valence-electron chi connectivity index (χ4n) is 1.28. The summed E-state index contributed by atoms with van der Waals surface area (Å²) in [5.41, 5.74) is 6.56. The van der Waals surface area contributed by atoms with Gasteiger partial charge < -0.3 is 10.6 Å². The molecule has 4 nitrogen and oxygen atoms in total. The van der Waals surface area contributed by atoms with Crippen molar-refractivity contribution in [2.75, 3.05) is 25.0 Å². The van der Waals surface area contributed by atoms with E-state index >= 15 is 0 Å². The average molecular weight is 194 g/mol. The number of anilines is 1. The molecule has 1 unspecified atom stereocenters. The summed E-state index contributed by atoms with van der Waals surface area (Å²) in [5, 5.41) is 0. The smallest absolute Gasteiger partial charge is 0.131 e. The third-order valence-electron chi connectivity index (χ3n) is 2.17. The molecule has 0 fully saturated rings. The molecular formula is C10H18N4. The molecule has 1 aromatic heterocycles. The van der Waals surface area contributed by atoms with Crippen molar-refractivity contribution in [2.24, 2.45) is 11.7 Å². The second-order valence-corrected chi connectivity index (χ2v) is 3.74. The van der Waals surface area contributed by atoms with Crippen LogP contribution in [0, 0.1) is 12.8 Å². The summed E-state index contributed by atoms with van der Waals surface area (Å²) in [4.78, 5) is 10.4. The van der Waals surface area contributed by atoms with E-state index in [4.69, 9.17) is 5.73 Å². The van der Waals surface area contributed by atoms with Crippen LogP contribution < -0.4 is 10.6 Å². The van der Waals surface area contributed by atoms with Crippen LogP contribution in [-0.4, -0.2) is 30.1 Å². The fraction of sp³-hybridized carbons (Fsp3) is 0.600. The quantitative estimate of drug-likeness (QED) is 0.771. The van der Waals surface area contributed by atoms with Gasteiger partial charge in [-0.25, -0.2) is 9.97 Å². The van der Waals surface area contributed by atoms with Crippen LogP contribution in [-0.2, 0) is 0 Å². The Morgan fingerprint density at radius 1 is 1.50 bits per heavy atom. The fourth-order valence-corrected chi connectivity index (χ4v) is 1.28. The molecule has 14 heavy (non-hydrogen) atoms. The summed E-state index contributed by atoms with van der Waals surface area (Å²) < 4.78 is 0. The van der Waals surface area contributed by atoms with Crippen molar-refractivity contribution >= 4 is 5.82 Å². The molecule has 78 valence electrons. The lowest BCUT2D eigenvalue weighted by molar-refractivity contribution is 0.587. The van der Waals surface area contributed by atoms with Crippen molar-refractivity contribution in [2.45, 2.75) is 13.8 Å². The molecule has 0 aliphatic carbocycles. The Balaban J connectivity index is 2.64. The molecule has 0 amide bonds. The zero-order valence-corrected chi connectivity index (χ0v) is 9.07. The maximum absolute atomic E-state index is 5.57. The number of aromatic nitrogens is 2. The molecule has 0 saturated heterocycles.